The summed E-state index contributed by atoms with van der Waals surface area (Å²) in [5.74, 6) is 1.55. The molecule has 1 heterocycles. The molecule has 0 N–H and O–H groups in total. The highest BCUT2D eigenvalue weighted by atomic mass is 16.5. The fourth-order valence-corrected chi connectivity index (χ4v) is 2.69. The highest BCUT2D eigenvalue weighted by Crippen LogP contribution is 2.42. The number of fused-ring (bicyclic) bond motifs is 1. The lowest BCUT2D eigenvalue weighted by atomic mass is 10.1. The third-order valence-corrected chi connectivity index (χ3v) is 3.78. The molecule has 1 aliphatic rings. The second-order valence-corrected chi connectivity index (χ2v) is 4.93. The van der Waals surface area contributed by atoms with Crippen LogP contribution in [0.4, 0.5) is 5.69 Å². The molecule has 2 aromatic carbocycles. The summed E-state index contributed by atoms with van der Waals surface area (Å²) in [6.07, 6.45) is 0. The zero-order valence-corrected chi connectivity index (χ0v) is 12.8. The number of carbonyl (C=O) groups is 1. The third-order valence-electron chi connectivity index (χ3n) is 3.78. The summed E-state index contributed by atoms with van der Waals surface area (Å²) in [5.41, 5.74) is 2.47. The molecule has 0 fully saturated rings. The molecule has 0 saturated carbocycles. The van der Waals surface area contributed by atoms with E-state index in [1.165, 1.54) is 0 Å². The van der Waals surface area contributed by atoms with Gasteiger partial charge >= 0.3 is 0 Å². The molecule has 0 radical (unpaired) electrons. The number of hydrogen-bond acceptors (Lipinski definition) is 4. The summed E-state index contributed by atoms with van der Waals surface area (Å²) in [5, 5.41) is 0. The Balaban J connectivity index is 2.05. The molecule has 1 aliphatic heterocycles. The van der Waals surface area contributed by atoms with Gasteiger partial charge in [-0.2, -0.15) is 0 Å². The minimum absolute atomic E-state index is 0.0233. The zero-order chi connectivity index (χ0) is 15.7. The number of carbonyl (C=O) groups excluding carboxylic acids is 1. The van der Waals surface area contributed by atoms with E-state index in [9.17, 15) is 4.79 Å². The van der Waals surface area contributed by atoms with E-state index < -0.39 is 0 Å². The van der Waals surface area contributed by atoms with Crippen molar-refractivity contribution >= 4 is 11.6 Å². The van der Waals surface area contributed by atoms with Crippen LogP contribution in [0.15, 0.2) is 36.4 Å². The second-order valence-electron chi connectivity index (χ2n) is 4.93. The highest BCUT2D eigenvalue weighted by molar-refractivity contribution is 6.10. The van der Waals surface area contributed by atoms with E-state index in [1.807, 2.05) is 24.3 Å². The molecule has 1 amide bonds. The Morgan fingerprint density at radius 3 is 2.14 bits per heavy atom. The van der Waals surface area contributed by atoms with Gasteiger partial charge in [-0.05, 0) is 11.6 Å². The summed E-state index contributed by atoms with van der Waals surface area (Å²) in [6.45, 7) is 0.535. The van der Waals surface area contributed by atoms with E-state index in [4.69, 9.17) is 14.2 Å². The largest absolute Gasteiger partial charge is 0.493 e. The van der Waals surface area contributed by atoms with E-state index in [2.05, 4.69) is 0 Å². The van der Waals surface area contributed by atoms with Gasteiger partial charge in [0.15, 0.2) is 11.5 Å². The number of amides is 1. The fourth-order valence-electron chi connectivity index (χ4n) is 2.69. The van der Waals surface area contributed by atoms with Crippen LogP contribution in [0, 0.1) is 0 Å². The lowest BCUT2D eigenvalue weighted by molar-refractivity contribution is 0.0996. The Hall–Kier alpha value is -2.69. The van der Waals surface area contributed by atoms with Crippen LogP contribution >= 0.6 is 0 Å². The average molecular weight is 299 g/mol. The molecule has 3 rings (SSSR count). The Labute approximate surface area is 129 Å². The first-order chi connectivity index (χ1) is 10.7. The summed E-state index contributed by atoms with van der Waals surface area (Å²) in [4.78, 5) is 14.3. The van der Waals surface area contributed by atoms with Crippen LogP contribution in [0.2, 0.25) is 0 Å². The first kappa shape index (κ1) is 14.3. The Bertz CT molecular complexity index is 701. The van der Waals surface area contributed by atoms with E-state index in [0.29, 0.717) is 23.8 Å². The lowest BCUT2D eigenvalue weighted by Crippen LogP contribution is -2.23. The third kappa shape index (κ3) is 2.15. The van der Waals surface area contributed by atoms with Crippen LogP contribution in [0.3, 0.4) is 0 Å². The minimum Gasteiger partial charge on any atom is -0.493 e. The quantitative estimate of drug-likeness (QED) is 0.871. The maximum Gasteiger partial charge on any atom is 0.258 e. The lowest BCUT2D eigenvalue weighted by Gasteiger charge is -2.20. The van der Waals surface area contributed by atoms with Crippen molar-refractivity contribution in [3.05, 3.63) is 47.5 Å². The number of benzene rings is 2. The van der Waals surface area contributed by atoms with Gasteiger partial charge in [-0.3, -0.25) is 4.79 Å². The van der Waals surface area contributed by atoms with Gasteiger partial charge in [0.2, 0.25) is 5.75 Å². The molecule has 0 saturated heterocycles. The van der Waals surface area contributed by atoms with Gasteiger partial charge in [0.1, 0.15) is 0 Å². The molecule has 114 valence electrons. The van der Waals surface area contributed by atoms with Gasteiger partial charge < -0.3 is 19.1 Å². The van der Waals surface area contributed by atoms with Crippen molar-refractivity contribution in [2.45, 2.75) is 6.54 Å². The molecule has 5 heteroatoms. The Morgan fingerprint density at radius 1 is 0.955 bits per heavy atom. The van der Waals surface area contributed by atoms with Gasteiger partial charge in [0, 0.05) is 17.7 Å². The normalized spacial score (nSPS) is 13.0. The van der Waals surface area contributed by atoms with Crippen LogP contribution in [-0.4, -0.2) is 27.2 Å². The Morgan fingerprint density at radius 2 is 1.59 bits per heavy atom. The number of rotatable bonds is 4. The number of methoxy groups -OCH3 is 3. The van der Waals surface area contributed by atoms with Gasteiger partial charge in [0.25, 0.3) is 5.91 Å². The monoisotopic (exact) mass is 299 g/mol. The predicted octanol–water partition coefficient (Wildman–Crippen LogP) is 2.87. The second kappa shape index (κ2) is 5.60. The first-order valence-electron chi connectivity index (χ1n) is 6.89. The van der Waals surface area contributed by atoms with Crippen LogP contribution in [-0.2, 0) is 6.54 Å². The van der Waals surface area contributed by atoms with E-state index in [1.54, 1.807) is 38.4 Å². The molecule has 0 aliphatic carbocycles. The molecule has 0 unspecified atom stereocenters. The van der Waals surface area contributed by atoms with Crippen LogP contribution in [0.25, 0.3) is 0 Å². The zero-order valence-electron chi connectivity index (χ0n) is 12.8. The van der Waals surface area contributed by atoms with Crippen molar-refractivity contribution < 1.29 is 19.0 Å². The minimum atomic E-state index is -0.0233. The van der Waals surface area contributed by atoms with Gasteiger partial charge in [-0.15, -0.1) is 0 Å². The van der Waals surface area contributed by atoms with Crippen molar-refractivity contribution in [3.8, 4) is 17.2 Å². The van der Waals surface area contributed by atoms with E-state index in [-0.39, 0.29) is 5.91 Å². The predicted molar refractivity (Wildman–Crippen MR) is 83.1 cm³/mol. The van der Waals surface area contributed by atoms with E-state index in [0.717, 1.165) is 16.8 Å². The highest BCUT2D eigenvalue weighted by Gasteiger charge is 2.29. The summed E-state index contributed by atoms with van der Waals surface area (Å²) in [7, 11) is 4.67. The molecule has 5 nitrogen and oxygen atoms in total. The van der Waals surface area contributed by atoms with Crippen LogP contribution in [0.1, 0.15) is 15.9 Å². The van der Waals surface area contributed by atoms with Crippen molar-refractivity contribution in [1.82, 2.24) is 0 Å². The van der Waals surface area contributed by atoms with Crippen molar-refractivity contribution in [2.75, 3.05) is 26.2 Å². The number of hydrogen-bond donors (Lipinski definition) is 0. The first-order valence-corrected chi connectivity index (χ1v) is 6.89. The number of ether oxygens (including phenoxy) is 3. The van der Waals surface area contributed by atoms with Crippen LogP contribution < -0.4 is 19.1 Å². The molecule has 2 aromatic rings. The van der Waals surface area contributed by atoms with Gasteiger partial charge in [-0.25, -0.2) is 0 Å². The molecule has 0 atom stereocenters. The van der Waals surface area contributed by atoms with E-state index >= 15 is 0 Å². The number of anilines is 1. The fraction of sp³-hybridized carbons (Fsp3) is 0.235. The summed E-state index contributed by atoms with van der Waals surface area (Å²) in [6, 6.07) is 11.2. The summed E-state index contributed by atoms with van der Waals surface area (Å²) < 4.78 is 16.0. The molecular formula is C17H17NO4. The molecule has 0 aromatic heterocycles. The molecule has 0 bridgehead atoms. The van der Waals surface area contributed by atoms with Crippen molar-refractivity contribution in [1.29, 1.82) is 0 Å². The summed E-state index contributed by atoms with van der Waals surface area (Å²) >= 11 is 0. The van der Waals surface area contributed by atoms with Gasteiger partial charge in [-0.1, -0.05) is 18.2 Å². The smallest absolute Gasteiger partial charge is 0.258 e. The standard InChI is InChI=1S/C17H17NO4/c1-20-14-8-12(9-15(21-2)16(14)22-3)18-10-11-6-4-5-7-13(11)17(18)19/h4-9H,10H2,1-3H3. The SMILES string of the molecule is COc1cc(N2Cc3ccccc3C2=O)cc(OC)c1OC. The topological polar surface area (TPSA) is 48.0 Å². The van der Waals surface area contributed by atoms with Crippen molar-refractivity contribution in [2.24, 2.45) is 0 Å². The van der Waals surface area contributed by atoms with Crippen molar-refractivity contribution in [3.63, 3.8) is 0 Å². The maximum absolute atomic E-state index is 12.6. The maximum atomic E-state index is 12.6. The van der Waals surface area contributed by atoms with Crippen LogP contribution in [0.5, 0.6) is 17.2 Å². The molecular weight excluding hydrogens is 282 g/mol. The molecule has 22 heavy (non-hydrogen) atoms. The Kier molecular flexibility index (Phi) is 3.63. The number of nitrogens with zero attached hydrogens (tertiary/aromatic N) is 1. The van der Waals surface area contributed by atoms with Gasteiger partial charge in [0.05, 0.1) is 33.6 Å². The molecule has 0 spiro atoms. The average Bonchev–Trinajstić information content (AvgIpc) is 2.90.